The van der Waals surface area contributed by atoms with Gasteiger partial charge in [0.1, 0.15) is 0 Å². The van der Waals surface area contributed by atoms with Crippen LogP contribution in [-0.4, -0.2) is 38.4 Å². The van der Waals surface area contributed by atoms with Crippen LogP contribution in [0.15, 0.2) is 48.5 Å². The minimum absolute atomic E-state index is 0. The summed E-state index contributed by atoms with van der Waals surface area (Å²) in [5, 5.41) is 2.07. The number of methoxy groups -OCH3 is 4. The Morgan fingerprint density at radius 1 is 0.462 bits per heavy atom. The van der Waals surface area contributed by atoms with Gasteiger partial charge in [-0.2, -0.15) is 0 Å². The summed E-state index contributed by atoms with van der Waals surface area (Å²) in [5.74, 6) is 5.08. The molecule has 2 saturated carbocycles. The normalized spacial score (nSPS) is 15.5. The van der Waals surface area contributed by atoms with Crippen LogP contribution in [0.5, 0.6) is 23.0 Å². The predicted molar refractivity (Wildman–Crippen MR) is 149 cm³/mol. The molecule has 6 rings (SSSR count). The van der Waals surface area contributed by atoms with Crippen molar-refractivity contribution in [2.45, 2.75) is 0 Å². The Balaban J connectivity index is 0.000000176. The van der Waals surface area contributed by atoms with Crippen LogP contribution >= 0.6 is 0 Å². The zero-order chi connectivity index (χ0) is 26.5. The molecule has 10 radical (unpaired) electrons. The number of benzene rings is 2. The van der Waals surface area contributed by atoms with E-state index in [1.807, 2.05) is 74.2 Å². The van der Waals surface area contributed by atoms with Crippen molar-refractivity contribution in [3.63, 3.8) is 0 Å². The van der Waals surface area contributed by atoms with E-state index in [0.29, 0.717) is 11.5 Å². The molecule has 0 unspecified atom stereocenters. The number of hydrogen-bond acceptors (Lipinski definition) is 6. The monoisotopic (exact) mass is 560 g/mol. The molecule has 2 aromatic heterocycles. The third-order valence-corrected chi connectivity index (χ3v) is 6.31. The van der Waals surface area contributed by atoms with Crippen molar-refractivity contribution in [2.75, 3.05) is 28.4 Å². The van der Waals surface area contributed by atoms with E-state index < -0.39 is 0 Å². The Bertz CT molecular complexity index is 1290. The van der Waals surface area contributed by atoms with Crippen molar-refractivity contribution < 1.29 is 36.0 Å². The van der Waals surface area contributed by atoms with E-state index in [1.54, 1.807) is 28.4 Å². The minimum Gasteiger partial charge on any atom is -0.493 e. The van der Waals surface area contributed by atoms with Gasteiger partial charge < -0.3 is 18.9 Å². The van der Waals surface area contributed by atoms with E-state index in [9.17, 15) is 0 Å². The standard InChI is InChI=1S/2C16H14NO2.Fe/c2*1-18-15-9-12-7-8-13(11-5-3-4-6-11)17-14(12)10-16(15)19-2;/h2*3-10H,1-2H3;/q;;+2. The molecule has 2 aliphatic rings. The third-order valence-electron chi connectivity index (χ3n) is 6.31. The molecule has 0 amide bonds. The average molecular weight is 560 g/mol. The van der Waals surface area contributed by atoms with Gasteiger partial charge in [-0.25, -0.2) is 0 Å². The Morgan fingerprint density at radius 3 is 1.13 bits per heavy atom. The largest absolute Gasteiger partial charge is 2.00 e. The average Bonchev–Trinajstić information content (AvgIpc) is 3.71. The van der Waals surface area contributed by atoms with Gasteiger partial charge in [-0.3, -0.25) is 9.97 Å². The van der Waals surface area contributed by atoms with Crippen LogP contribution in [0.4, 0.5) is 0 Å². The maximum Gasteiger partial charge on any atom is 2.00 e. The molecule has 4 aromatic rings. The molecule has 2 heterocycles. The molecule has 2 aromatic carbocycles. The van der Waals surface area contributed by atoms with Gasteiger partial charge in [0, 0.05) is 46.1 Å². The zero-order valence-corrected chi connectivity index (χ0v) is 23.2. The molecule has 2 aliphatic carbocycles. The predicted octanol–water partition coefficient (Wildman–Crippen LogP) is 6.01. The van der Waals surface area contributed by atoms with E-state index in [-0.39, 0.29) is 17.1 Å². The summed E-state index contributed by atoms with van der Waals surface area (Å²) in [6, 6.07) is 15.8. The molecule has 0 aliphatic heterocycles. The maximum absolute atomic E-state index is 5.31. The van der Waals surface area contributed by atoms with Crippen molar-refractivity contribution in [2.24, 2.45) is 0 Å². The number of fused-ring (bicyclic) bond motifs is 2. The maximum atomic E-state index is 5.31. The Hall–Kier alpha value is -3.02. The first-order valence-corrected chi connectivity index (χ1v) is 12.1. The molecule has 0 N–H and O–H groups in total. The van der Waals surface area contributed by atoms with Crippen LogP contribution in [0.1, 0.15) is 11.4 Å². The topological polar surface area (TPSA) is 62.7 Å². The van der Waals surface area contributed by atoms with Crippen LogP contribution in [0, 0.1) is 63.2 Å². The summed E-state index contributed by atoms with van der Waals surface area (Å²) in [6.07, 6.45) is 16.2. The summed E-state index contributed by atoms with van der Waals surface area (Å²) >= 11 is 0. The van der Waals surface area contributed by atoms with Gasteiger partial charge in [-0.15, -0.1) is 0 Å². The molecule has 6 nitrogen and oxygen atoms in total. The van der Waals surface area contributed by atoms with E-state index in [0.717, 1.165) is 56.5 Å². The minimum atomic E-state index is 0. The quantitative estimate of drug-likeness (QED) is 0.270. The van der Waals surface area contributed by atoms with Crippen molar-refractivity contribution in [3.8, 4) is 23.0 Å². The molecular weight excluding hydrogens is 532 g/mol. The fourth-order valence-corrected chi connectivity index (χ4v) is 4.31. The molecule has 0 bridgehead atoms. The van der Waals surface area contributed by atoms with Crippen molar-refractivity contribution in [1.29, 1.82) is 0 Å². The van der Waals surface area contributed by atoms with Gasteiger partial charge in [-0.05, 0) is 75.6 Å². The van der Waals surface area contributed by atoms with E-state index in [4.69, 9.17) is 18.9 Å². The number of hydrogen-bond donors (Lipinski definition) is 0. The van der Waals surface area contributed by atoms with Gasteiger partial charge in [0.2, 0.25) is 0 Å². The molecule has 0 saturated heterocycles. The second kappa shape index (κ2) is 13.4. The van der Waals surface area contributed by atoms with Crippen LogP contribution < -0.4 is 18.9 Å². The van der Waals surface area contributed by atoms with Gasteiger partial charge in [0.15, 0.2) is 23.0 Å². The summed E-state index contributed by atoms with van der Waals surface area (Å²) in [7, 11) is 6.53. The summed E-state index contributed by atoms with van der Waals surface area (Å²) in [6.45, 7) is 0. The van der Waals surface area contributed by atoms with Crippen molar-refractivity contribution in [1.82, 2.24) is 9.97 Å². The zero-order valence-electron chi connectivity index (χ0n) is 22.1. The first-order chi connectivity index (χ1) is 18.6. The van der Waals surface area contributed by atoms with Crippen molar-refractivity contribution >= 4 is 21.8 Å². The van der Waals surface area contributed by atoms with E-state index in [1.165, 1.54) is 0 Å². The molecule has 0 spiro atoms. The first-order valence-electron chi connectivity index (χ1n) is 12.1. The van der Waals surface area contributed by atoms with Crippen LogP contribution in [-0.2, 0) is 17.1 Å². The number of aromatic nitrogens is 2. The number of nitrogens with zero attached hydrogens (tertiary/aromatic N) is 2. The number of ether oxygens (including phenoxy) is 4. The van der Waals surface area contributed by atoms with Crippen LogP contribution in [0.2, 0.25) is 0 Å². The number of pyridine rings is 2. The van der Waals surface area contributed by atoms with Gasteiger partial charge in [-0.1, -0.05) is 12.1 Å². The third kappa shape index (κ3) is 6.42. The number of rotatable bonds is 6. The summed E-state index contributed by atoms with van der Waals surface area (Å²) in [5.41, 5.74) is 3.72. The molecule has 0 atom stereocenters. The SMILES string of the molecule is COc1cc2ccc([C]3[CH][CH][CH][CH]3)nc2cc1OC.COc1cc2ccc([C]3[CH][CH][CH][CH]3)nc2cc1OC.[Fe+2]. The Morgan fingerprint density at radius 2 is 0.795 bits per heavy atom. The Labute approximate surface area is 241 Å². The summed E-state index contributed by atoms with van der Waals surface area (Å²) < 4.78 is 21.2. The molecule has 2 fully saturated rings. The van der Waals surface area contributed by atoms with Gasteiger partial charge in [0.05, 0.1) is 39.5 Å². The second-order valence-electron chi connectivity index (χ2n) is 8.54. The fourth-order valence-electron chi connectivity index (χ4n) is 4.31. The van der Waals surface area contributed by atoms with Crippen molar-refractivity contribution in [3.05, 3.63) is 123 Å². The second-order valence-corrected chi connectivity index (χ2v) is 8.54. The van der Waals surface area contributed by atoms with Gasteiger partial charge in [0.25, 0.3) is 0 Å². The molecule has 7 heteroatoms. The van der Waals surface area contributed by atoms with Gasteiger partial charge >= 0.3 is 17.1 Å². The molecule has 39 heavy (non-hydrogen) atoms. The fraction of sp³-hybridized carbons (Fsp3) is 0.125. The molecule has 196 valence electrons. The summed E-state index contributed by atoms with van der Waals surface area (Å²) in [4.78, 5) is 9.33. The molecular formula is C32H28FeN2O4+2. The van der Waals surface area contributed by atoms with Crippen LogP contribution in [0.25, 0.3) is 21.8 Å². The van der Waals surface area contributed by atoms with E-state index >= 15 is 0 Å². The van der Waals surface area contributed by atoms with E-state index in [2.05, 4.69) is 35.7 Å². The smallest absolute Gasteiger partial charge is 0.493 e. The Kier molecular flexibility index (Phi) is 9.93. The van der Waals surface area contributed by atoms with Crippen LogP contribution in [0.3, 0.4) is 0 Å². The first kappa shape index (κ1) is 29.0.